The summed E-state index contributed by atoms with van der Waals surface area (Å²) in [6.07, 6.45) is 1.82. The van der Waals surface area contributed by atoms with Gasteiger partial charge in [0, 0.05) is 30.0 Å². The maximum absolute atomic E-state index is 12.2. The van der Waals surface area contributed by atoms with Crippen molar-refractivity contribution in [3.63, 3.8) is 0 Å². The summed E-state index contributed by atoms with van der Waals surface area (Å²) in [7, 11) is 0. The summed E-state index contributed by atoms with van der Waals surface area (Å²) in [5.74, 6) is -0.157. The third-order valence-corrected chi connectivity index (χ3v) is 4.78. The number of carbonyl (C=O) groups is 2. The first-order chi connectivity index (χ1) is 13.1. The van der Waals surface area contributed by atoms with Gasteiger partial charge >= 0.3 is 0 Å². The van der Waals surface area contributed by atoms with Crippen LogP contribution in [-0.2, 0) is 11.2 Å². The number of anilines is 1. The van der Waals surface area contributed by atoms with Gasteiger partial charge in [0.15, 0.2) is 5.13 Å². The minimum atomic E-state index is -0.161. The molecule has 5 nitrogen and oxygen atoms in total. The third kappa shape index (κ3) is 5.49. The van der Waals surface area contributed by atoms with E-state index in [1.165, 1.54) is 23.8 Å². The average molecular weight is 379 g/mol. The monoisotopic (exact) mass is 379 g/mol. The van der Waals surface area contributed by atoms with Gasteiger partial charge in [-0.25, -0.2) is 4.98 Å². The van der Waals surface area contributed by atoms with Gasteiger partial charge in [-0.2, -0.15) is 0 Å². The van der Waals surface area contributed by atoms with Gasteiger partial charge in [-0.1, -0.05) is 42.5 Å². The Morgan fingerprint density at radius 2 is 1.78 bits per heavy atom. The molecule has 0 unspecified atom stereocenters. The van der Waals surface area contributed by atoms with Gasteiger partial charge in [-0.05, 0) is 30.5 Å². The summed E-state index contributed by atoms with van der Waals surface area (Å²) < 4.78 is 0. The minimum Gasteiger partial charge on any atom is -0.356 e. The second-order valence-electron chi connectivity index (χ2n) is 6.14. The fourth-order valence-corrected chi connectivity index (χ4v) is 3.34. The van der Waals surface area contributed by atoms with Gasteiger partial charge in [0.1, 0.15) is 0 Å². The van der Waals surface area contributed by atoms with E-state index in [1.54, 1.807) is 12.1 Å². The first-order valence-corrected chi connectivity index (χ1v) is 9.65. The number of hydrogen-bond acceptors (Lipinski definition) is 4. The van der Waals surface area contributed by atoms with Gasteiger partial charge in [-0.15, -0.1) is 11.3 Å². The summed E-state index contributed by atoms with van der Waals surface area (Å²) in [5.41, 5.74) is 3.68. The number of carbonyl (C=O) groups excluding carboxylic acids is 2. The van der Waals surface area contributed by atoms with Crippen LogP contribution in [0.3, 0.4) is 0 Å². The Morgan fingerprint density at radius 3 is 2.48 bits per heavy atom. The van der Waals surface area contributed by atoms with Crippen molar-refractivity contribution in [2.45, 2.75) is 19.8 Å². The highest BCUT2D eigenvalue weighted by molar-refractivity contribution is 7.14. The average Bonchev–Trinajstić information content (AvgIpc) is 3.15. The van der Waals surface area contributed by atoms with Crippen molar-refractivity contribution < 1.29 is 9.59 Å². The van der Waals surface area contributed by atoms with Gasteiger partial charge in [0.25, 0.3) is 5.91 Å². The number of hydrogen-bond donors (Lipinski definition) is 2. The van der Waals surface area contributed by atoms with Crippen molar-refractivity contribution in [2.75, 3.05) is 11.9 Å². The van der Waals surface area contributed by atoms with Crippen LogP contribution in [0.2, 0.25) is 0 Å². The van der Waals surface area contributed by atoms with E-state index in [0.29, 0.717) is 17.2 Å². The lowest BCUT2D eigenvalue weighted by atomic mass is 10.1. The molecule has 0 aliphatic heterocycles. The Morgan fingerprint density at radius 1 is 1.04 bits per heavy atom. The molecular weight excluding hydrogens is 358 g/mol. The molecular formula is C21H21N3O2S. The van der Waals surface area contributed by atoms with Crippen LogP contribution in [0.15, 0.2) is 60.0 Å². The van der Waals surface area contributed by atoms with Crippen molar-refractivity contribution in [2.24, 2.45) is 0 Å². The number of nitrogens with one attached hydrogen (secondary N) is 2. The topological polar surface area (TPSA) is 71.1 Å². The fraction of sp³-hybridized carbons (Fsp3) is 0.190. The van der Waals surface area contributed by atoms with Crippen molar-refractivity contribution in [1.82, 2.24) is 10.3 Å². The highest BCUT2D eigenvalue weighted by atomic mass is 32.1. The number of benzene rings is 2. The number of rotatable bonds is 7. The van der Waals surface area contributed by atoms with E-state index in [4.69, 9.17) is 0 Å². The second-order valence-corrected chi connectivity index (χ2v) is 7.00. The summed E-state index contributed by atoms with van der Waals surface area (Å²) in [6, 6.07) is 17.3. The number of thiazole rings is 1. The van der Waals surface area contributed by atoms with Gasteiger partial charge in [-0.3, -0.25) is 14.9 Å². The van der Waals surface area contributed by atoms with Crippen LogP contribution in [0.4, 0.5) is 5.13 Å². The fourth-order valence-electron chi connectivity index (χ4n) is 2.62. The molecule has 2 amide bonds. The van der Waals surface area contributed by atoms with Gasteiger partial charge < -0.3 is 5.32 Å². The molecule has 0 bridgehead atoms. The van der Waals surface area contributed by atoms with Crippen LogP contribution in [0, 0.1) is 0 Å². The standard InChI is InChI=1S/C21H21N3O2S/c1-15(25)22-13-5-6-16-9-11-17(12-10-16)19-14-27-21(23-19)24-20(26)18-7-3-2-4-8-18/h2-4,7-12,14H,5-6,13H2,1H3,(H,22,25)(H,23,24,26). The van der Waals surface area contributed by atoms with E-state index in [1.807, 2.05) is 35.7 Å². The molecule has 3 aromatic rings. The Bertz CT molecular complexity index is 905. The first kappa shape index (κ1) is 18.8. The summed E-state index contributed by atoms with van der Waals surface area (Å²) >= 11 is 1.41. The number of nitrogens with zero attached hydrogens (tertiary/aromatic N) is 1. The van der Waals surface area contributed by atoms with E-state index < -0.39 is 0 Å². The van der Waals surface area contributed by atoms with Crippen molar-refractivity contribution in [3.8, 4) is 11.3 Å². The zero-order valence-electron chi connectivity index (χ0n) is 15.1. The zero-order chi connectivity index (χ0) is 19.1. The quantitative estimate of drug-likeness (QED) is 0.606. The summed E-state index contributed by atoms with van der Waals surface area (Å²) in [4.78, 5) is 27.6. The predicted octanol–water partition coefficient (Wildman–Crippen LogP) is 4.13. The lowest BCUT2D eigenvalue weighted by Crippen LogP contribution is -2.21. The Hall–Kier alpha value is -2.99. The molecule has 0 aliphatic carbocycles. The maximum atomic E-state index is 12.2. The first-order valence-electron chi connectivity index (χ1n) is 8.77. The van der Waals surface area contributed by atoms with Crippen LogP contribution in [-0.4, -0.2) is 23.3 Å². The van der Waals surface area contributed by atoms with E-state index in [0.717, 1.165) is 24.1 Å². The van der Waals surface area contributed by atoms with Gasteiger partial charge in [0.2, 0.25) is 5.91 Å². The molecule has 0 radical (unpaired) electrons. The molecule has 0 saturated heterocycles. The number of aromatic nitrogens is 1. The van der Waals surface area contributed by atoms with Crippen LogP contribution in [0.25, 0.3) is 11.3 Å². The molecule has 0 saturated carbocycles. The van der Waals surface area contributed by atoms with Crippen LogP contribution in [0.5, 0.6) is 0 Å². The molecule has 138 valence electrons. The predicted molar refractivity (Wildman–Crippen MR) is 109 cm³/mol. The third-order valence-electron chi connectivity index (χ3n) is 4.03. The lowest BCUT2D eigenvalue weighted by molar-refractivity contribution is -0.118. The SMILES string of the molecule is CC(=O)NCCCc1ccc(-c2csc(NC(=O)c3ccccc3)n2)cc1. The van der Waals surface area contributed by atoms with E-state index >= 15 is 0 Å². The molecule has 6 heteroatoms. The Kier molecular flexibility index (Phi) is 6.33. The van der Waals surface area contributed by atoms with Crippen LogP contribution < -0.4 is 10.6 Å². The zero-order valence-corrected chi connectivity index (χ0v) is 15.9. The molecule has 0 fully saturated rings. The smallest absolute Gasteiger partial charge is 0.257 e. The van der Waals surface area contributed by atoms with Crippen LogP contribution in [0.1, 0.15) is 29.3 Å². The summed E-state index contributed by atoms with van der Waals surface area (Å²) in [6.45, 7) is 2.22. The Labute approximate surface area is 162 Å². The molecule has 0 spiro atoms. The normalized spacial score (nSPS) is 10.4. The molecule has 1 aromatic heterocycles. The molecule has 2 aromatic carbocycles. The molecule has 1 heterocycles. The van der Waals surface area contributed by atoms with Gasteiger partial charge in [0.05, 0.1) is 5.69 Å². The molecule has 0 atom stereocenters. The Balaban J connectivity index is 1.57. The van der Waals surface area contributed by atoms with Crippen molar-refractivity contribution in [3.05, 3.63) is 71.1 Å². The maximum Gasteiger partial charge on any atom is 0.257 e. The molecule has 0 aliphatic rings. The van der Waals surface area contributed by atoms with E-state index in [2.05, 4.69) is 27.8 Å². The molecule has 27 heavy (non-hydrogen) atoms. The van der Waals surface area contributed by atoms with Crippen molar-refractivity contribution >= 4 is 28.3 Å². The molecule has 2 N–H and O–H groups in total. The highest BCUT2D eigenvalue weighted by Crippen LogP contribution is 2.25. The van der Waals surface area contributed by atoms with E-state index in [9.17, 15) is 9.59 Å². The second kappa shape index (κ2) is 9.09. The van der Waals surface area contributed by atoms with Crippen LogP contribution >= 0.6 is 11.3 Å². The lowest BCUT2D eigenvalue weighted by Gasteiger charge is -2.04. The van der Waals surface area contributed by atoms with E-state index in [-0.39, 0.29) is 11.8 Å². The van der Waals surface area contributed by atoms with Crippen molar-refractivity contribution in [1.29, 1.82) is 0 Å². The highest BCUT2D eigenvalue weighted by Gasteiger charge is 2.09. The minimum absolute atomic E-state index is 0.00374. The number of aryl methyl sites for hydroxylation is 1. The number of amides is 2. The summed E-state index contributed by atoms with van der Waals surface area (Å²) in [5, 5.41) is 8.16. The molecule has 3 rings (SSSR count). The largest absolute Gasteiger partial charge is 0.356 e.